The maximum atomic E-state index is 12.7. The molecule has 0 fully saturated rings. The number of carbonyl (C=O) groups excluding carboxylic acids is 2. The van der Waals surface area contributed by atoms with E-state index in [0.29, 0.717) is 11.4 Å². The van der Waals surface area contributed by atoms with Crippen LogP contribution < -0.4 is 19.5 Å². The van der Waals surface area contributed by atoms with Crippen LogP contribution in [0.1, 0.15) is 12.5 Å². The van der Waals surface area contributed by atoms with Crippen molar-refractivity contribution in [3.63, 3.8) is 0 Å². The average Bonchev–Trinajstić information content (AvgIpc) is 2.76. The second-order valence-electron chi connectivity index (χ2n) is 6.22. The number of hydrogen-bond donors (Lipinski definition) is 1. The number of nitrogens with zero attached hydrogens (tertiary/aromatic N) is 1. The summed E-state index contributed by atoms with van der Waals surface area (Å²) in [5.41, 5.74) is 0.776. The second-order valence-corrected chi connectivity index (χ2v) is 6.22. The van der Waals surface area contributed by atoms with Gasteiger partial charge in [-0.1, -0.05) is 18.2 Å². The standard InChI is InChI=1S/C22H24F2N2O5/c1-4-26(14-19(27)25-16-8-6-9-17(13-16)29-2)20(28)12-11-15-7-5-10-18(30-3)21(15)31-22(23)24/h5-13,22H,4,14H2,1-3H3,(H,25,27)/b12-11+. The molecule has 2 rings (SSSR count). The average molecular weight is 434 g/mol. The number of para-hydroxylation sites is 1. The summed E-state index contributed by atoms with van der Waals surface area (Å²) in [7, 11) is 2.84. The van der Waals surface area contributed by atoms with E-state index in [9.17, 15) is 18.4 Å². The Morgan fingerprint density at radius 3 is 2.52 bits per heavy atom. The third kappa shape index (κ3) is 6.98. The molecule has 0 heterocycles. The van der Waals surface area contributed by atoms with Crippen LogP contribution in [0.5, 0.6) is 17.2 Å². The minimum atomic E-state index is -3.05. The van der Waals surface area contributed by atoms with E-state index in [1.54, 1.807) is 37.3 Å². The molecular formula is C22H24F2N2O5. The van der Waals surface area contributed by atoms with Gasteiger partial charge in [0, 0.05) is 29.9 Å². The lowest BCUT2D eigenvalue weighted by molar-refractivity contribution is -0.130. The van der Waals surface area contributed by atoms with Crippen molar-refractivity contribution in [3.05, 3.63) is 54.1 Å². The van der Waals surface area contributed by atoms with E-state index in [1.165, 1.54) is 43.4 Å². The van der Waals surface area contributed by atoms with Crippen molar-refractivity contribution in [3.8, 4) is 17.2 Å². The van der Waals surface area contributed by atoms with Crippen molar-refractivity contribution in [2.24, 2.45) is 0 Å². The molecule has 0 aliphatic carbocycles. The zero-order valence-corrected chi connectivity index (χ0v) is 17.4. The Morgan fingerprint density at radius 1 is 1.13 bits per heavy atom. The molecule has 0 spiro atoms. The molecule has 166 valence electrons. The van der Waals surface area contributed by atoms with Crippen LogP contribution in [0.15, 0.2) is 48.5 Å². The third-order valence-electron chi connectivity index (χ3n) is 4.22. The summed E-state index contributed by atoms with van der Waals surface area (Å²) >= 11 is 0. The Balaban J connectivity index is 2.09. The van der Waals surface area contributed by atoms with E-state index in [0.717, 1.165) is 0 Å². The lowest BCUT2D eigenvalue weighted by Gasteiger charge is -2.19. The molecule has 31 heavy (non-hydrogen) atoms. The largest absolute Gasteiger partial charge is 0.497 e. The Bertz CT molecular complexity index is 934. The van der Waals surface area contributed by atoms with E-state index in [-0.39, 0.29) is 36.1 Å². The Hall–Kier alpha value is -3.62. The number of hydrogen-bond acceptors (Lipinski definition) is 5. The normalized spacial score (nSPS) is 10.8. The summed E-state index contributed by atoms with van der Waals surface area (Å²) in [4.78, 5) is 26.2. The zero-order chi connectivity index (χ0) is 22.8. The van der Waals surface area contributed by atoms with Gasteiger partial charge in [0.05, 0.1) is 14.2 Å². The summed E-state index contributed by atoms with van der Waals surface area (Å²) < 4.78 is 40.2. The Kier molecular flexibility index (Phi) is 8.80. The number of nitrogens with one attached hydrogen (secondary N) is 1. The van der Waals surface area contributed by atoms with Crippen LogP contribution >= 0.6 is 0 Å². The summed E-state index contributed by atoms with van der Waals surface area (Å²) in [5, 5.41) is 2.70. The van der Waals surface area contributed by atoms with Gasteiger partial charge in [0.15, 0.2) is 11.5 Å². The van der Waals surface area contributed by atoms with Crippen LogP contribution in [-0.2, 0) is 9.59 Å². The third-order valence-corrected chi connectivity index (χ3v) is 4.22. The van der Waals surface area contributed by atoms with E-state index >= 15 is 0 Å². The second kappa shape index (κ2) is 11.5. The van der Waals surface area contributed by atoms with Gasteiger partial charge in [-0.2, -0.15) is 8.78 Å². The molecule has 7 nitrogen and oxygen atoms in total. The molecule has 0 atom stereocenters. The van der Waals surface area contributed by atoms with Gasteiger partial charge in [-0.3, -0.25) is 9.59 Å². The fraction of sp³-hybridized carbons (Fsp3) is 0.273. The van der Waals surface area contributed by atoms with E-state index in [4.69, 9.17) is 9.47 Å². The number of methoxy groups -OCH3 is 2. The number of anilines is 1. The maximum Gasteiger partial charge on any atom is 0.387 e. The first-order valence-corrected chi connectivity index (χ1v) is 9.40. The molecule has 1 N–H and O–H groups in total. The number of likely N-dealkylation sites (N-methyl/N-ethyl adjacent to an activating group) is 1. The number of carbonyl (C=O) groups is 2. The van der Waals surface area contributed by atoms with Gasteiger partial charge in [0.2, 0.25) is 11.8 Å². The summed E-state index contributed by atoms with van der Waals surface area (Å²) in [6, 6.07) is 11.4. The van der Waals surface area contributed by atoms with Crippen LogP contribution in [0.2, 0.25) is 0 Å². The molecule has 0 aromatic heterocycles. The minimum Gasteiger partial charge on any atom is -0.497 e. The Morgan fingerprint density at radius 2 is 1.87 bits per heavy atom. The molecule has 2 amide bonds. The number of amides is 2. The molecule has 9 heteroatoms. The fourth-order valence-corrected chi connectivity index (χ4v) is 2.73. The number of alkyl halides is 2. The molecule has 0 saturated carbocycles. The minimum absolute atomic E-state index is 0.111. The highest BCUT2D eigenvalue weighted by Crippen LogP contribution is 2.33. The van der Waals surface area contributed by atoms with Gasteiger partial charge in [-0.25, -0.2) is 0 Å². The monoisotopic (exact) mass is 434 g/mol. The fourth-order valence-electron chi connectivity index (χ4n) is 2.73. The molecule has 0 aliphatic rings. The zero-order valence-electron chi connectivity index (χ0n) is 17.4. The smallest absolute Gasteiger partial charge is 0.387 e. The van der Waals surface area contributed by atoms with Gasteiger partial charge < -0.3 is 24.4 Å². The van der Waals surface area contributed by atoms with Gasteiger partial charge in [-0.15, -0.1) is 0 Å². The van der Waals surface area contributed by atoms with Crippen LogP contribution in [0, 0.1) is 0 Å². The molecular weight excluding hydrogens is 410 g/mol. The molecule has 2 aromatic rings. The number of benzene rings is 2. The topological polar surface area (TPSA) is 77.1 Å². The molecule has 0 aliphatic heterocycles. The Labute approximate surface area is 179 Å². The summed E-state index contributed by atoms with van der Waals surface area (Å²) in [5.74, 6) is -0.332. The molecule has 2 aromatic carbocycles. The first-order valence-electron chi connectivity index (χ1n) is 9.40. The van der Waals surface area contributed by atoms with E-state index in [2.05, 4.69) is 10.1 Å². The molecule has 0 radical (unpaired) electrons. The highest BCUT2D eigenvalue weighted by molar-refractivity contribution is 5.98. The van der Waals surface area contributed by atoms with Crippen molar-refractivity contribution >= 4 is 23.6 Å². The molecule has 0 bridgehead atoms. The van der Waals surface area contributed by atoms with E-state index < -0.39 is 12.5 Å². The highest BCUT2D eigenvalue weighted by atomic mass is 19.3. The van der Waals surface area contributed by atoms with E-state index in [1.807, 2.05) is 0 Å². The van der Waals surface area contributed by atoms with Crippen LogP contribution in [0.4, 0.5) is 14.5 Å². The first-order chi connectivity index (χ1) is 14.9. The van der Waals surface area contributed by atoms with Crippen LogP contribution in [-0.4, -0.2) is 50.6 Å². The SMILES string of the molecule is CCN(CC(=O)Nc1cccc(OC)c1)C(=O)/C=C/c1cccc(OC)c1OC(F)F. The maximum absolute atomic E-state index is 12.7. The van der Waals surface area contributed by atoms with Gasteiger partial charge in [0.1, 0.15) is 12.3 Å². The van der Waals surface area contributed by atoms with Crippen LogP contribution in [0.3, 0.4) is 0 Å². The number of ether oxygens (including phenoxy) is 3. The van der Waals surface area contributed by atoms with Gasteiger partial charge in [-0.05, 0) is 31.2 Å². The number of rotatable bonds is 10. The number of halogens is 2. The summed E-state index contributed by atoms with van der Waals surface area (Å²) in [6.07, 6.45) is 2.53. The van der Waals surface area contributed by atoms with Crippen LogP contribution in [0.25, 0.3) is 6.08 Å². The predicted molar refractivity (Wildman–Crippen MR) is 113 cm³/mol. The van der Waals surface area contributed by atoms with Crippen molar-refractivity contribution in [1.29, 1.82) is 0 Å². The van der Waals surface area contributed by atoms with Crippen molar-refractivity contribution < 1.29 is 32.6 Å². The quantitative estimate of drug-likeness (QED) is 0.576. The van der Waals surface area contributed by atoms with Gasteiger partial charge in [0.25, 0.3) is 0 Å². The van der Waals surface area contributed by atoms with Crippen molar-refractivity contribution in [2.45, 2.75) is 13.5 Å². The van der Waals surface area contributed by atoms with Gasteiger partial charge >= 0.3 is 6.61 Å². The lowest BCUT2D eigenvalue weighted by Crippen LogP contribution is -2.36. The van der Waals surface area contributed by atoms with Crippen molar-refractivity contribution in [1.82, 2.24) is 4.90 Å². The predicted octanol–water partition coefficient (Wildman–Crippen LogP) is 3.81. The molecule has 0 saturated heterocycles. The highest BCUT2D eigenvalue weighted by Gasteiger charge is 2.16. The molecule has 0 unspecified atom stereocenters. The lowest BCUT2D eigenvalue weighted by atomic mass is 10.1. The first kappa shape index (κ1) is 23.7. The van der Waals surface area contributed by atoms with Crippen molar-refractivity contribution in [2.75, 3.05) is 32.6 Å². The summed E-state index contributed by atoms with van der Waals surface area (Å²) in [6.45, 7) is -1.24.